The van der Waals surface area contributed by atoms with Gasteiger partial charge in [0.05, 0.1) is 12.6 Å². The average molecular weight is 395 g/mol. The van der Waals surface area contributed by atoms with Crippen LogP contribution in [0, 0.1) is 0 Å². The second kappa shape index (κ2) is 10.2. The van der Waals surface area contributed by atoms with Crippen LogP contribution in [0.3, 0.4) is 0 Å². The lowest BCUT2D eigenvalue weighted by Crippen LogP contribution is -2.40. The Hall–Kier alpha value is -2.66. The number of nitrogens with zero attached hydrogens (tertiary/aromatic N) is 1. The molecule has 0 radical (unpaired) electrons. The first-order chi connectivity index (χ1) is 14.1. The summed E-state index contributed by atoms with van der Waals surface area (Å²) in [5.41, 5.74) is 2.22. The number of hydrogen-bond acceptors (Lipinski definition) is 3. The highest BCUT2D eigenvalue weighted by atomic mass is 16.6. The SMILES string of the molecule is CCCN(CCC)C(=O)c1cccc(C(=O)N[C@@H](Cc2ccccc2)[C@@H]2CO2)c1. The third-order valence-corrected chi connectivity index (χ3v) is 5.07. The van der Waals surface area contributed by atoms with Gasteiger partial charge < -0.3 is 15.0 Å². The van der Waals surface area contributed by atoms with E-state index in [-0.39, 0.29) is 24.0 Å². The van der Waals surface area contributed by atoms with Crippen molar-refractivity contribution < 1.29 is 14.3 Å². The molecule has 0 aromatic heterocycles. The van der Waals surface area contributed by atoms with Gasteiger partial charge in [0.2, 0.25) is 0 Å². The van der Waals surface area contributed by atoms with Crippen molar-refractivity contribution in [1.29, 1.82) is 0 Å². The minimum absolute atomic E-state index is 0.0188. The summed E-state index contributed by atoms with van der Waals surface area (Å²) >= 11 is 0. The van der Waals surface area contributed by atoms with Crippen LogP contribution >= 0.6 is 0 Å². The maximum Gasteiger partial charge on any atom is 0.253 e. The summed E-state index contributed by atoms with van der Waals surface area (Å²) in [6, 6.07) is 17.0. The average Bonchev–Trinajstić information content (AvgIpc) is 3.59. The third kappa shape index (κ3) is 5.91. The molecule has 1 saturated heterocycles. The second-order valence-electron chi connectivity index (χ2n) is 7.51. The minimum Gasteiger partial charge on any atom is -0.371 e. The molecule has 2 aromatic carbocycles. The summed E-state index contributed by atoms with van der Waals surface area (Å²) in [7, 11) is 0. The zero-order valence-corrected chi connectivity index (χ0v) is 17.3. The normalized spacial score (nSPS) is 16.1. The zero-order chi connectivity index (χ0) is 20.6. The molecular formula is C24H30N2O3. The lowest BCUT2D eigenvalue weighted by Gasteiger charge is -2.22. The van der Waals surface area contributed by atoms with Gasteiger partial charge in [0.15, 0.2) is 0 Å². The van der Waals surface area contributed by atoms with E-state index in [0.717, 1.165) is 37.9 Å². The van der Waals surface area contributed by atoms with Crippen molar-refractivity contribution in [2.24, 2.45) is 0 Å². The molecule has 2 aromatic rings. The highest BCUT2D eigenvalue weighted by Crippen LogP contribution is 2.19. The lowest BCUT2D eigenvalue weighted by atomic mass is 10.0. The van der Waals surface area contributed by atoms with E-state index in [1.165, 1.54) is 0 Å². The summed E-state index contributed by atoms with van der Waals surface area (Å²) in [6.07, 6.45) is 2.59. The number of amides is 2. The van der Waals surface area contributed by atoms with E-state index >= 15 is 0 Å². The number of carbonyl (C=O) groups is 2. The van der Waals surface area contributed by atoms with Crippen molar-refractivity contribution >= 4 is 11.8 Å². The molecule has 1 fully saturated rings. The zero-order valence-electron chi connectivity index (χ0n) is 17.3. The van der Waals surface area contributed by atoms with Crippen LogP contribution in [0.15, 0.2) is 54.6 Å². The summed E-state index contributed by atoms with van der Waals surface area (Å²) in [5, 5.41) is 3.10. The van der Waals surface area contributed by atoms with E-state index in [9.17, 15) is 9.59 Å². The Morgan fingerprint density at radius 2 is 1.69 bits per heavy atom. The monoisotopic (exact) mass is 394 g/mol. The predicted octanol–water partition coefficient (Wildman–Crippen LogP) is 3.69. The van der Waals surface area contributed by atoms with E-state index in [1.54, 1.807) is 24.3 Å². The number of nitrogens with one attached hydrogen (secondary N) is 1. The van der Waals surface area contributed by atoms with Gasteiger partial charge in [-0.15, -0.1) is 0 Å². The van der Waals surface area contributed by atoms with Gasteiger partial charge in [-0.3, -0.25) is 9.59 Å². The van der Waals surface area contributed by atoms with Crippen LogP contribution in [0.2, 0.25) is 0 Å². The summed E-state index contributed by atoms with van der Waals surface area (Å²) in [4.78, 5) is 27.6. The lowest BCUT2D eigenvalue weighted by molar-refractivity contribution is 0.0755. The standard InChI is InChI=1S/C24H30N2O3/c1-3-13-26(14-4-2)24(28)20-12-8-11-19(16-20)23(27)25-21(22-17-29-22)15-18-9-6-5-7-10-18/h5-12,16,21-22H,3-4,13-15,17H2,1-2H3,(H,25,27)/t21-,22-/m0/s1. The van der Waals surface area contributed by atoms with Crippen LogP contribution in [-0.2, 0) is 11.2 Å². The van der Waals surface area contributed by atoms with E-state index in [4.69, 9.17) is 4.74 Å². The molecule has 29 heavy (non-hydrogen) atoms. The molecule has 0 aliphatic carbocycles. The predicted molar refractivity (Wildman–Crippen MR) is 114 cm³/mol. The quantitative estimate of drug-likeness (QED) is 0.625. The first-order valence-corrected chi connectivity index (χ1v) is 10.5. The van der Waals surface area contributed by atoms with Gasteiger partial charge in [0.1, 0.15) is 6.10 Å². The van der Waals surface area contributed by atoms with Gasteiger partial charge in [0, 0.05) is 24.2 Å². The molecule has 0 unspecified atom stereocenters. The fourth-order valence-corrected chi connectivity index (χ4v) is 3.51. The Bertz CT molecular complexity index is 812. The Morgan fingerprint density at radius 3 is 2.31 bits per heavy atom. The molecule has 1 aliphatic rings. The number of benzene rings is 2. The highest BCUT2D eigenvalue weighted by molar-refractivity contribution is 5.99. The molecule has 0 spiro atoms. The Kier molecular flexibility index (Phi) is 7.42. The Morgan fingerprint density at radius 1 is 1.03 bits per heavy atom. The van der Waals surface area contributed by atoms with Gasteiger partial charge in [0.25, 0.3) is 11.8 Å². The second-order valence-corrected chi connectivity index (χ2v) is 7.51. The number of carbonyl (C=O) groups excluding carboxylic acids is 2. The van der Waals surface area contributed by atoms with Crippen molar-refractivity contribution in [3.05, 3.63) is 71.3 Å². The van der Waals surface area contributed by atoms with Crippen LogP contribution in [0.5, 0.6) is 0 Å². The van der Waals surface area contributed by atoms with Crippen molar-refractivity contribution in [2.75, 3.05) is 19.7 Å². The van der Waals surface area contributed by atoms with Crippen molar-refractivity contribution in [3.8, 4) is 0 Å². The van der Waals surface area contributed by atoms with Crippen LogP contribution in [0.4, 0.5) is 0 Å². The first kappa shape index (κ1) is 21.1. The number of ether oxygens (including phenoxy) is 1. The van der Waals surface area contributed by atoms with E-state index in [0.29, 0.717) is 17.7 Å². The molecule has 5 nitrogen and oxygen atoms in total. The molecule has 5 heteroatoms. The summed E-state index contributed by atoms with van der Waals surface area (Å²) in [5.74, 6) is -0.191. The summed E-state index contributed by atoms with van der Waals surface area (Å²) in [6.45, 7) is 6.24. The van der Waals surface area contributed by atoms with Gasteiger partial charge >= 0.3 is 0 Å². The Labute approximate surface area is 173 Å². The molecule has 154 valence electrons. The maximum atomic E-state index is 12.9. The van der Waals surface area contributed by atoms with Gasteiger partial charge in [-0.25, -0.2) is 0 Å². The van der Waals surface area contributed by atoms with Crippen LogP contribution in [0.1, 0.15) is 53.0 Å². The topological polar surface area (TPSA) is 61.9 Å². The van der Waals surface area contributed by atoms with E-state index < -0.39 is 0 Å². The van der Waals surface area contributed by atoms with Gasteiger partial charge in [-0.2, -0.15) is 0 Å². The molecule has 1 aliphatic heterocycles. The molecule has 0 bridgehead atoms. The van der Waals surface area contributed by atoms with Gasteiger partial charge in [-0.05, 0) is 43.0 Å². The van der Waals surface area contributed by atoms with E-state index in [1.807, 2.05) is 23.1 Å². The molecule has 2 atom stereocenters. The van der Waals surface area contributed by atoms with Crippen LogP contribution < -0.4 is 5.32 Å². The summed E-state index contributed by atoms with van der Waals surface area (Å²) < 4.78 is 5.45. The molecule has 0 saturated carbocycles. The molecule has 1 heterocycles. The largest absolute Gasteiger partial charge is 0.371 e. The number of epoxide rings is 1. The van der Waals surface area contributed by atoms with Crippen LogP contribution in [-0.4, -0.2) is 48.6 Å². The molecule has 3 rings (SSSR count). The molecule has 2 amide bonds. The fourth-order valence-electron chi connectivity index (χ4n) is 3.51. The highest BCUT2D eigenvalue weighted by Gasteiger charge is 2.34. The first-order valence-electron chi connectivity index (χ1n) is 10.5. The third-order valence-electron chi connectivity index (χ3n) is 5.07. The van der Waals surface area contributed by atoms with Gasteiger partial charge in [-0.1, -0.05) is 50.2 Å². The van der Waals surface area contributed by atoms with Crippen molar-refractivity contribution in [1.82, 2.24) is 10.2 Å². The minimum atomic E-state index is -0.173. The van der Waals surface area contributed by atoms with Crippen molar-refractivity contribution in [2.45, 2.75) is 45.3 Å². The van der Waals surface area contributed by atoms with E-state index in [2.05, 4.69) is 31.3 Å². The molecular weight excluding hydrogens is 364 g/mol. The molecule has 1 N–H and O–H groups in total. The fraction of sp³-hybridized carbons (Fsp3) is 0.417. The van der Waals surface area contributed by atoms with Crippen molar-refractivity contribution in [3.63, 3.8) is 0 Å². The van der Waals surface area contributed by atoms with Crippen LogP contribution in [0.25, 0.3) is 0 Å². The maximum absolute atomic E-state index is 12.9. The smallest absolute Gasteiger partial charge is 0.253 e. The Balaban J connectivity index is 1.70. The number of hydrogen-bond donors (Lipinski definition) is 1. The number of rotatable bonds is 10.